The summed E-state index contributed by atoms with van der Waals surface area (Å²) in [7, 11) is 0. The highest BCUT2D eigenvalue weighted by atomic mass is 16.5. The fraction of sp³-hybridized carbons (Fsp3) is 0.533. The van der Waals surface area contributed by atoms with E-state index in [2.05, 4.69) is 13.8 Å². The van der Waals surface area contributed by atoms with E-state index in [9.17, 15) is 4.79 Å². The third-order valence-corrected chi connectivity index (χ3v) is 4.17. The van der Waals surface area contributed by atoms with Crippen molar-refractivity contribution in [1.29, 1.82) is 0 Å². The first-order valence-electron chi connectivity index (χ1n) is 6.61. The summed E-state index contributed by atoms with van der Waals surface area (Å²) in [5.41, 5.74) is 2.44. The van der Waals surface area contributed by atoms with Crippen molar-refractivity contribution < 1.29 is 9.53 Å². The second-order valence-electron chi connectivity index (χ2n) is 5.59. The molecule has 1 saturated heterocycles. The summed E-state index contributed by atoms with van der Waals surface area (Å²) >= 11 is 0. The number of aryl methyl sites for hydroxylation is 2. The molecule has 3 rings (SSSR count). The van der Waals surface area contributed by atoms with Crippen LogP contribution < -0.4 is 4.74 Å². The number of carbonyl (C=O) groups excluding carboxylic acids is 1. The first-order valence-corrected chi connectivity index (χ1v) is 6.61. The molecule has 3 nitrogen and oxygen atoms in total. The van der Waals surface area contributed by atoms with Crippen molar-refractivity contribution >= 4 is 5.91 Å². The number of rotatable bonds is 3. The summed E-state index contributed by atoms with van der Waals surface area (Å²) in [6, 6.07) is 5.95. The van der Waals surface area contributed by atoms with Crippen molar-refractivity contribution in [3.8, 4) is 5.75 Å². The van der Waals surface area contributed by atoms with Crippen molar-refractivity contribution in [2.24, 2.45) is 11.8 Å². The van der Waals surface area contributed by atoms with Crippen LogP contribution in [0, 0.1) is 25.7 Å². The molecular formula is C15H19NO2. The first kappa shape index (κ1) is 11.6. The van der Waals surface area contributed by atoms with Crippen LogP contribution in [-0.2, 0) is 4.79 Å². The lowest BCUT2D eigenvalue weighted by atomic mass is 10.1. The van der Waals surface area contributed by atoms with Crippen molar-refractivity contribution in [2.45, 2.75) is 20.3 Å². The summed E-state index contributed by atoms with van der Waals surface area (Å²) in [6.45, 7) is 6.18. The van der Waals surface area contributed by atoms with Gasteiger partial charge in [-0.25, -0.2) is 0 Å². The molecule has 0 aromatic heterocycles. The van der Waals surface area contributed by atoms with E-state index in [4.69, 9.17) is 4.74 Å². The third-order valence-electron chi connectivity index (χ3n) is 4.17. The minimum atomic E-state index is 0.125. The van der Waals surface area contributed by atoms with Crippen molar-refractivity contribution in [1.82, 2.24) is 4.90 Å². The third kappa shape index (κ3) is 2.22. The van der Waals surface area contributed by atoms with E-state index in [-0.39, 0.29) is 12.5 Å². The molecule has 1 heterocycles. The predicted octanol–water partition coefficient (Wildman–Crippen LogP) is 2.16. The molecule has 1 aliphatic heterocycles. The van der Waals surface area contributed by atoms with Crippen molar-refractivity contribution in [2.75, 3.05) is 19.7 Å². The highest BCUT2D eigenvalue weighted by Crippen LogP contribution is 2.44. The van der Waals surface area contributed by atoms with Crippen LogP contribution >= 0.6 is 0 Å². The topological polar surface area (TPSA) is 29.5 Å². The number of carbonyl (C=O) groups is 1. The number of ether oxygens (including phenoxy) is 1. The number of amides is 1. The Balaban J connectivity index is 1.54. The number of fused-ring (bicyclic) bond motifs is 1. The van der Waals surface area contributed by atoms with E-state index in [1.165, 1.54) is 17.5 Å². The monoisotopic (exact) mass is 245 g/mol. The smallest absolute Gasteiger partial charge is 0.260 e. The second kappa shape index (κ2) is 4.30. The van der Waals surface area contributed by atoms with Gasteiger partial charge in [-0.05, 0) is 55.4 Å². The normalized spacial score (nSPS) is 24.9. The number of likely N-dealkylation sites (tertiary alicyclic amines) is 1. The summed E-state index contributed by atoms with van der Waals surface area (Å²) in [5, 5.41) is 0. The molecule has 1 aromatic rings. The van der Waals surface area contributed by atoms with Gasteiger partial charge in [-0.3, -0.25) is 4.79 Å². The van der Waals surface area contributed by atoms with Gasteiger partial charge in [-0.15, -0.1) is 0 Å². The minimum absolute atomic E-state index is 0.125. The maximum Gasteiger partial charge on any atom is 0.260 e. The van der Waals surface area contributed by atoms with Crippen LogP contribution in [0.1, 0.15) is 17.5 Å². The van der Waals surface area contributed by atoms with Crippen molar-refractivity contribution in [3.63, 3.8) is 0 Å². The molecule has 1 saturated carbocycles. The van der Waals surface area contributed by atoms with E-state index >= 15 is 0 Å². The Labute approximate surface area is 108 Å². The van der Waals surface area contributed by atoms with Gasteiger partial charge in [0.05, 0.1) is 0 Å². The average molecular weight is 245 g/mol. The molecular weight excluding hydrogens is 226 g/mol. The van der Waals surface area contributed by atoms with Gasteiger partial charge in [0, 0.05) is 13.1 Å². The zero-order valence-corrected chi connectivity index (χ0v) is 11.0. The summed E-state index contributed by atoms with van der Waals surface area (Å²) in [6.07, 6.45) is 1.32. The second-order valence-corrected chi connectivity index (χ2v) is 5.59. The fourth-order valence-corrected chi connectivity index (χ4v) is 2.64. The zero-order chi connectivity index (χ0) is 12.7. The van der Waals surface area contributed by atoms with Gasteiger partial charge in [0.25, 0.3) is 5.91 Å². The molecule has 96 valence electrons. The van der Waals surface area contributed by atoms with E-state index in [0.717, 1.165) is 30.7 Å². The Morgan fingerprint density at radius 2 is 2.00 bits per heavy atom. The predicted molar refractivity (Wildman–Crippen MR) is 69.6 cm³/mol. The highest BCUT2D eigenvalue weighted by molar-refractivity contribution is 5.78. The molecule has 2 aliphatic rings. The van der Waals surface area contributed by atoms with Gasteiger partial charge >= 0.3 is 0 Å². The highest BCUT2D eigenvalue weighted by Gasteiger charge is 2.46. The molecule has 1 aromatic carbocycles. The van der Waals surface area contributed by atoms with E-state index in [0.29, 0.717) is 0 Å². The van der Waals surface area contributed by atoms with Gasteiger partial charge < -0.3 is 9.64 Å². The largest absolute Gasteiger partial charge is 0.484 e. The molecule has 2 atom stereocenters. The molecule has 0 N–H and O–H groups in total. The summed E-state index contributed by atoms with van der Waals surface area (Å²) < 4.78 is 5.57. The Morgan fingerprint density at radius 3 is 2.67 bits per heavy atom. The number of hydrogen-bond acceptors (Lipinski definition) is 2. The van der Waals surface area contributed by atoms with Crippen LogP contribution in [-0.4, -0.2) is 30.5 Å². The van der Waals surface area contributed by atoms with Crippen LogP contribution in [0.25, 0.3) is 0 Å². The maximum atomic E-state index is 11.9. The zero-order valence-electron chi connectivity index (χ0n) is 11.0. The van der Waals surface area contributed by atoms with Gasteiger partial charge in [-0.2, -0.15) is 0 Å². The number of hydrogen-bond donors (Lipinski definition) is 0. The molecule has 1 amide bonds. The summed E-state index contributed by atoms with van der Waals surface area (Å²) in [4.78, 5) is 13.9. The van der Waals surface area contributed by atoms with Crippen LogP contribution in [0.2, 0.25) is 0 Å². The van der Waals surface area contributed by atoms with Crippen LogP contribution in [0.15, 0.2) is 18.2 Å². The van der Waals surface area contributed by atoms with Crippen LogP contribution in [0.5, 0.6) is 5.75 Å². The Bertz CT molecular complexity index is 473. The van der Waals surface area contributed by atoms with Gasteiger partial charge in [-0.1, -0.05) is 6.07 Å². The number of nitrogens with zero attached hydrogens (tertiary/aromatic N) is 1. The maximum absolute atomic E-state index is 11.9. The molecule has 0 bridgehead atoms. The molecule has 0 radical (unpaired) electrons. The molecule has 2 unspecified atom stereocenters. The fourth-order valence-electron chi connectivity index (χ4n) is 2.64. The van der Waals surface area contributed by atoms with Crippen LogP contribution in [0.3, 0.4) is 0 Å². The lowest BCUT2D eigenvalue weighted by molar-refractivity contribution is -0.132. The Morgan fingerprint density at radius 1 is 1.28 bits per heavy atom. The SMILES string of the molecule is Cc1ccc(OCC(=O)N2CC3CC3C2)cc1C. The molecule has 18 heavy (non-hydrogen) atoms. The minimum Gasteiger partial charge on any atom is -0.484 e. The average Bonchev–Trinajstić information content (AvgIpc) is 2.97. The van der Waals surface area contributed by atoms with Gasteiger partial charge in [0.15, 0.2) is 6.61 Å². The Hall–Kier alpha value is -1.51. The van der Waals surface area contributed by atoms with Gasteiger partial charge in [0.1, 0.15) is 5.75 Å². The number of piperidine rings is 1. The van der Waals surface area contributed by atoms with Crippen molar-refractivity contribution in [3.05, 3.63) is 29.3 Å². The Kier molecular flexibility index (Phi) is 2.77. The van der Waals surface area contributed by atoms with Gasteiger partial charge in [0.2, 0.25) is 0 Å². The lowest BCUT2D eigenvalue weighted by Gasteiger charge is -2.18. The van der Waals surface area contributed by atoms with Crippen LogP contribution in [0.4, 0.5) is 0 Å². The first-order chi connectivity index (χ1) is 8.63. The number of benzene rings is 1. The molecule has 1 aliphatic carbocycles. The van der Waals surface area contributed by atoms with E-state index in [1.54, 1.807) is 0 Å². The molecule has 3 heteroatoms. The molecule has 0 spiro atoms. The quantitative estimate of drug-likeness (QED) is 0.816. The standard InChI is InChI=1S/C15H19NO2/c1-10-3-4-14(5-11(10)2)18-9-15(17)16-7-12-6-13(12)8-16/h3-5,12-13H,6-9H2,1-2H3. The molecule has 2 fully saturated rings. The lowest BCUT2D eigenvalue weighted by Crippen LogP contribution is -2.34. The van der Waals surface area contributed by atoms with E-state index < -0.39 is 0 Å². The van der Waals surface area contributed by atoms with E-state index in [1.807, 2.05) is 23.1 Å². The summed E-state index contributed by atoms with van der Waals surface area (Å²) in [5.74, 6) is 2.49.